The third-order valence-corrected chi connectivity index (χ3v) is 5.06. The van der Waals surface area contributed by atoms with E-state index in [1.165, 1.54) is 21.0 Å². The Kier molecular flexibility index (Phi) is 5.52. The normalized spacial score (nSPS) is 21.4. The molecule has 116 valence electrons. The first-order valence-corrected chi connectivity index (χ1v) is 8.30. The van der Waals surface area contributed by atoms with Crippen LogP contribution in [-0.4, -0.2) is 58.0 Å². The number of carbonyl (C=O) groups excluding carboxylic acids is 2. The van der Waals surface area contributed by atoms with Crippen molar-refractivity contribution in [3.63, 3.8) is 0 Å². The van der Waals surface area contributed by atoms with E-state index < -0.39 is 33.1 Å². The van der Waals surface area contributed by atoms with E-state index in [0.29, 0.717) is 19.6 Å². The third kappa shape index (κ3) is 4.45. The van der Waals surface area contributed by atoms with Crippen LogP contribution in [0, 0.1) is 5.41 Å². The lowest BCUT2D eigenvalue weighted by molar-refractivity contribution is -0.141. The van der Waals surface area contributed by atoms with Gasteiger partial charge in [0.1, 0.15) is 5.41 Å². The van der Waals surface area contributed by atoms with Crippen LogP contribution in [0.3, 0.4) is 0 Å². The molecule has 0 aliphatic carbocycles. The number of carbonyl (C=O) groups is 2. The molecule has 1 aliphatic rings. The summed E-state index contributed by atoms with van der Waals surface area (Å²) in [4.78, 5) is 24.0. The van der Waals surface area contributed by atoms with Crippen molar-refractivity contribution >= 4 is 21.7 Å². The topological polar surface area (TPSA) is 102 Å². The lowest BCUT2D eigenvalue weighted by atomic mass is 9.90. The molecule has 0 radical (unpaired) electrons. The molecule has 8 heteroatoms. The van der Waals surface area contributed by atoms with E-state index >= 15 is 0 Å². The van der Waals surface area contributed by atoms with Gasteiger partial charge >= 0.3 is 0 Å². The molecule has 0 aromatic carbocycles. The molecule has 0 spiro atoms. The molecule has 1 aliphatic heterocycles. The fourth-order valence-corrected chi connectivity index (χ4v) is 3.54. The Labute approximate surface area is 119 Å². The van der Waals surface area contributed by atoms with E-state index in [4.69, 9.17) is 4.74 Å². The smallest absolute Gasteiger partial charge is 0.235 e. The van der Waals surface area contributed by atoms with Crippen LogP contribution in [0.2, 0.25) is 0 Å². The molecule has 2 N–H and O–H groups in total. The Morgan fingerprint density at radius 2 is 1.95 bits per heavy atom. The van der Waals surface area contributed by atoms with E-state index in [2.05, 4.69) is 10.6 Å². The lowest BCUT2D eigenvalue weighted by Gasteiger charge is -2.24. The Morgan fingerprint density at radius 1 is 1.30 bits per heavy atom. The molecule has 1 rings (SSSR count). The first kappa shape index (κ1) is 16.9. The standard InChI is InChI=1S/C12H22N2O5S/c1-12(2,10(15)13-5-6-19-3)11(16)14-9-4-7-20(17,18)8-9/h9H,4-8H2,1-3H3,(H,13,15)(H,14,16). The third-order valence-electron chi connectivity index (χ3n) is 3.29. The highest BCUT2D eigenvalue weighted by molar-refractivity contribution is 7.91. The fourth-order valence-electron chi connectivity index (χ4n) is 1.87. The van der Waals surface area contributed by atoms with Crippen molar-refractivity contribution in [1.29, 1.82) is 0 Å². The predicted octanol–water partition coefficient (Wildman–Crippen LogP) is -0.921. The van der Waals surface area contributed by atoms with Crippen LogP contribution in [0.4, 0.5) is 0 Å². The molecule has 1 unspecified atom stereocenters. The summed E-state index contributed by atoms with van der Waals surface area (Å²) in [7, 11) is -1.54. The van der Waals surface area contributed by atoms with Gasteiger partial charge in [0.15, 0.2) is 9.84 Å². The van der Waals surface area contributed by atoms with Crippen LogP contribution < -0.4 is 10.6 Å². The summed E-state index contributed by atoms with van der Waals surface area (Å²) in [6.45, 7) is 3.70. The van der Waals surface area contributed by atoms with E-state index in [1.807, 2.05) is 0 Å². The Bertz CT molecular complexity index is 472. The number of amides is 2. The predicted molar refractivity (Wildman–Crippen MR) is 73.9 cm³/mol. The van der Waals surface area contributed by atoms with Crippen molar-refractivity contribution < 1.29 is 22.7 Å². The summed E-state index contributed by atoms with van der Waals surface area (Å²) in [5.41, 5.74) is -1.25. The number of hydrogen-bond donors (Lipinski definition) is 2. The molecule has 1 heterocycles. The quantitative estimate of drug-likeness (QED) is 0.488. The maximum absolute atomic E-state index is 12.1. The van der Waals surface area contributed by atoms with Crippen LogP contribution in [0.15, 0.2) is 0 Å². The van der Waals surface area contributed by atoms with Gasteiger partial charge in [0.25, 0.3) is 0 Å². The Morgan fingerprint density at radius 3 is 2.45 bits per heavy atom. The number of ether oxygens (including phenoxy) is 1. The van der Waals surface area contributed by atoms with Gasteiger partial charge in [0, 0.05) is 19.7 Å². The van der Waals surface area contributed by atoms with Gasteiger partial charge in [-0.05, 0) is 20.3 Å². The average molecular weight is 306 g/mol. The number of methoxy groups -OCH3 is 1. The highest BCUT2D eigenvalue weighted by Gasteiger charge is 2.38. The minimum absolute atomic E-state index is 0.0554. The molecule has 2 amide bonds. The van der Waals surface area contributed by atoms with Crippen LogP contribution in [0.5, 0.6) is 0 Å². The van der Waals surface area contributed by atoms with Crippen LogP contribution in [0.1, 0.15) is 20.3 Å². The minimum Gasteiger partial charge on any atom is -0.383 e. The van der Waals surface area contributed by atoms with E-state index in [-0.39, 0.29) is 11.5 Å². The lowest BCUT2D eigenvalue weighted by Crippen LogP contribution is -2.51. The van der Waals surface area contributed by atoms with Gasteiger partial charge in [-0.15, -0.1) is 0 Å². The molecule has 0 saturated carbocycles. The highest BCUT2D eigenvalue weighted by atomic mass is 32.2. The van der Waals surface area contributed by atoms with Crippen LogP contribution in [-0.2, 0) is 24.2 Å². The van der Waals surface area contributed by atoms with Gasteiger partial charge in [-0.3, -0.25) is 9.59 Å². The number of hydrogen-bond acceptors (Lipinski definition) is 5. The van der Waals surface area contributed by atoms with E-state index in [9.17, 15) is 18.0 Å². The molecule has 1 atom stereocenters. The second-order valence-electron chi connectivity index (χ2n) is 5.45. The van der Waals surface area contributed by atoms with Gasteiger partial charge in [0.05, 0.1) is 18.1 Å². The second-order valence-corrected chi connectivity index (χ2v) is 7.68. The monoisotopic (exact) mass is 306 g/mol. The minimum atomic E-state index is -3.06. The molecule has 1 saturated heterocycles. The van der Waals surface area contributed by atoms with Crippen molar-refractivity contribution in [2.75, 3.05) is 31.8 Å². The number of sulfone groups is 1. The SMILES string of the molecule is COCCNC(=O)C(C)(C)C(=O)NC1CCS(=O)(=O)C1. The van der Waals surface area contributed by atoms with Crippen molar-refractivity contribution in [2.24, 2.45) is 5.41 Å². The Hall–Kier alpha value is -1.15. The van der Waals surface area contributed by atoms with Gasteiger partial charge in [-0.25, -0.2) is 8.42 Å². The maximum atomic E-state index is 12.1. The average Bonchev–Trinajstić information content (AvgIpc) is 2.68. The zero-order valence-corrected chi connectivity index (χ0v) is 12.9. The molecule has 0 bridgehead atoms. The van der Waals surface area contributed by atoms with Crippen molar-refractivity contribution in [3.8, 4) is 0 Å². The zero-order valence-electron chi connectivity index (χ0n) is 12.1. The zero-order chi connectivity index (χ0) is 15.4. The molecule has 0 aromatic rings. The summed E-state index contributed by atoms with van der Waals surface area (Å²) < 4.78 is 27.5. The fraction of sp³-hybridized carbons (Fsp3) is 0.833. The van der Waals surface area contributed by atoms with Crippen molar-refractivity contribution in [1.82, 2.24) is 10.6 Å². The summed E-state index contributed by atoms with van der Waals surface area (Å²) in [5, 5.41) is 5.24. The summed E-state index contributed by atoms with van der Waals surface area (Å²) in [6, 6.07) is -0.404. The molecular formula is C12H22N2O5S. The molecule has 7 nitrogen and oxygen atoms in total. The number of rotatable bonds is 6. The maximum Gasteiger partial charge on any atom is 0.235 e. The largest absolute Gasteiger partial charge is 0.383 e. The summed E-state index contributed by atoms with van der Waals surface area (Å²) >= 11 is 0. The van der Waals surface area contributed by atoms with E-state index in [1.54, 1.807) is 0 Å². The summed E-state index contributed by atoms with van der Waals surface area (Å²) in [5.74, 6) is -0.846. The summed E-state index contributed by atoms with van der Waals surface area (Å²) in [6.07, 6.45) is 0.398. The van der Waals surface area contributed by atoms with Gasteiger partial charge in [0.2, 0.25) is 11.8 Å². The van der Waals surface area contributed by atoms with E-state index in [0.717, 1.165) is 0 Å². The number of nitrogens with one attached hydrogen (secondary N) is 2. The first-order valence-electron chi connectivity index (χ1n) is 6.47. The van der Waals surface area contributed by atoms with Gasteiger partial charge in [-0.1, -0.05) is 0 Å². The molecular weight excluding hydrogens is 284 g/mol. The highest BCUT2D eigenvalue weighted by Crippen LogP contribution is 2.18. The van der Waals surface area contributed by atoms with Crippen LogP contribution >= 0.6 is 0 Å². The van der Waals surface area contributed by atoms with Crippen molar-refractivity contribution in [2.45, 2.75) is 26.3 Å². The van der Waals surface area contributed by atoms with Gasteiger partial charge in [-0.2, -0.15) is 0 Å². The van der Waals surface area contributed by atoms with Crippen LogP contribution in [0.25, 0.3) is 0 Å². The molecule has 20 heavy (non-hydrogen) atoms. The van der Waals surface area contributed by atoms with Gasteiger partial charge < -0.3 is 15.4 Å². The van der Waals surface area contributed by atoms with Crippen molar-refractivity contribution in [3.05, 3.63) is 0 Å². The second kappa shape index (κ2) is 6.53. The Balaban J connectivity index is 2.54. The molecule has 1 fully saturated rings. The molecule has 0 aromatic heterocycles. The first-order chi connectivity index (χ1) is 9.19.